The zero-order valence-electron chi connectivity index (χ0n) is 18.4. The van der Waals surface area contributed by atoms with E-state index in [1.165, 1.54) is 16.7 Å². The van der Waals surface area contributed by atoms with Crippen molar-refractivity contribution < 1.29 is 15.0 Å². The minimum atomic E-state index is -0.722. The number of carbonyl (C=O) groups is 1. The first-order valence-corrected chi connectivity index (χ1v) is 12.3. The smallest absolute Gasteiger partial charge is 0.156 e. The van der Waals surface area contributed by atoms with Crippen LogP contribution < -0.4 is 0 Å². The molecule has 0 amide bonds. The monoisotopic (exact) mass is 440 g/mol. The topological polar surface area (TPSA) is 57.5 Å². The Morgan fingerprint density at radius 3 is 2.65 bits per heavy atom. The molecule has 5 atom stereocenters. The number of aliphatic hydroxyl groups excluding tert-OH is 1. The van der Waals surface area contributed by atoms with Crippen LogP contribution in [0.4, 0.5) is 0 Å². The molecule has 2 saturated carbocycles. The van der Waals surface area contributed by atoms with Crippen molar-refractivity contribution in [3.8, 4) is 0 Å². The van der Waals surface area contributed by atoms with E-state index in [1.807, 2.05) is 18.2 Å². The van der Waals surface area contributed by atoms with Crippen LogP contribution in [0.2, 0.25) is 5.02 Å². The number of hydrogen-bond donors (Lipinski definition) is 2. The Labute approximate surface area is 190 Å². The summed E-state index contributed by atoms with van der Waals surface area (Å²) in [5.74, 6) is 1.43. The van der Waals surface area contributed by atoms with Gasteiger partial charge in [0.1, 0.15) is 0 Å². The molecule has 2 fully saturated rings. The molecule has 0 unspecified atom stereocenters. The van der Waals surface area contributed by atoms with Gasteiger partial charge >= 0.3 is 0 Å². The Balaban J connectivity index is 1.64. The molecule has 0 saturated heterocycles. The molecule has 0 aromatic heterocycles. The summed E-state index contributed by atoms with van der Waals surface area (Å²) >= 11 is 6.21. The lowest BCUT2D eigenvalue weighted by atomic mass is 9.51. The zero-order valence-corrected chi connectivity index (χ0v) is 19.1. The van der Waals surface area contributed by atoms with E-state index < -0.39 is 5.60 Å². The number of fused-ring (bicyclic) bond motifs is 4. The van der Waals surface area contributed by atoms with Crippen molar-refractivity contribution in [3.63, 3.8) is 0 Å². The van der Waals surface area contributed by atoms with Crippen molar-refractivity contribution in [2.24, 2.45) is 17.3 Å². The Kier molecular flexibility index (Phi) is 5.44. The van der Waals surface area contributed by atoms with Crippen LogP contribution in [0.3, 0.4) is 0 Å². The number of halogens is 1. The molecule has 3 nitrogen and oxygen atoms in total. The molecule has 4 aliphatic rings. The van der Waals surface area contributed by atoms with Crippen molar-refractivity contribution in [1.82, 2.24) is 0 Å². The first-order chi connectivity index (χ1) is 14.9. The molecule has 5 rings (SSSR count). The van der Waals surface area contributed by atoms with Gasteiger partial charge < -0.3 is 10.2 Å². The zero-order chi connectivity index (χ0) is 21.8. The highest BCUT2D eigenvalue weighted by atomic mass is 35.5. The summed E-state index contributed by atoms with van der Waals surface area (Å²) in [5, 5.41) is 22.0. The number of rotatable bonds is 4. The molecule has 0 bridgehead atoms. The molecule has 1 aromatic rings. The van der Waals surface area contributed by atoms with Crippen molar-refractivity contribution in [2.75, 3.05) is 6.61 Å². The summed E-state index contributed by atoms with van der Waals surface area (Å²) < 4.78 is 0. The van der Waals surface area contributed by atoms with Crippen LogP contribution in [0.1, 0.15) is 76.2 Å². The summed E-state index contributed by atoms with van der Waals surface area (Å²) in [6.07, 6.45) is 9.53. The van der Waals surface area contributed by atoms with Gasteiger partial charge in [-0.15, -0.1) is 0 Å². The predicted molar refractivity (Wildman–Crippen MR) is 123 cm³/mol. The van der Waals surface area contributed by atoms with Crippen molar-refractivity contribution >= 4 is 17.4 Å². The van der Waals surface area contributed by atoms with E-state index in [-0.39, 0.29) is 23.7 Å². The van der Waals surface area contributed by atoms with E-state index in [1.54, 1.807) is 5.57 Å². The second kappa shape index (κ2) is 7.86. The van der Waals surface area contributed by atoms with Crippen LogP contribution in [-0.2, 0) is 4.79 Å². The van der Waals surface area contributed by atoms with E-state index >= 15 is 0 Å². The SMILES string of the molecule is C[C@]12C[C@H](c3ccc(Cl)cc3)C3=C4CCC(=O)C=C4CC[C@H]3[C@@H]1CC[C@@]2(O)CCCO. The third-order valence-corrected chi connectivity index (χ3v) is 9.33. The fourth-order valence-electron chi connectivity index (χ4n) is 7.53. The third-order valence-electron chi connectivity index (χ3n) is 9.08. The first kappa shape index (κ1) is 21.4. The predicted octanol–water partition coefficient (Wildman–Crippen LogP) is 5.74. The average Bonchev–Trinajstić information content (AvgIpc) is 3.02. The van der Waals surface area contributed by atoms with Gasteiger partial charge in [-0.2, -0.15) is 0 Å². The maximum atomic E-state index is 12.1. The molecule has 0 radical (unpaired) electrons. The van der Waals surface area contributed by atoms with Gasteiger partial charge in [0.25, 0.3) is 0 Å². The van der Waals surface area contributed by atoms with Crippen molar-refractivity contribution in [2.45, 2.75) is 76.2 Å². The van der Waals surface area contributed by atoms with Crippen LogP contribution in [0, 0.1) is 17.3 Å². The van der Waals surface area contributed by atoms with E-state index in [4.69, 9.17) is 11.6 Å². The lowest BCUT2D eigenvalue weighted by Gasteiger charge is -2.55. The maximum Gasteiger partial charge on any atom is 0.156 e. The summed E-state index contributed by atoms with van der Waals surface area (Å²) in [7, 11) is 0. The minimum Gasteiger partial charge on any atom is -0.396 e. The summed E-state index contributed by atoms with van der Waals surface area (Å²) in [5.41, 5.74) is 4.61. The van der Waals surface area contributed by atoms with E-state index in [0.29, 0.717) is 31.1 Å². The first-order valence-electron chi connectivity index (χ1n) is 11.9. The summed E-state index contributed by atoms with van der Waals surface area (Å²) in [6.45, 7) is 2.44. The highest BCUT2D eigenvalue weighted by molar-refractivity contribution is 6.30. The Morgan fingerprint density at radius 1 is 1.13 bits per heavy atom. The van der Waals surface area contributed by atoms with E-state index in [9.17, 15) is 15.0 Å². The minimum absolute atomic E-state index is 0.130. The number of allylic oxidation sites excluding steroid dienone is 4. The highest BCUT2D eigenvalue weighted by Crippen LogP contribution is 2.67. The molecule has 4 heteroatoms. The van der Waals surface area contributed by atoms with Gasteiger partial charge in [0, 0.05) is 29.4 Å². The van der Waals surface area contributed by atoms with Crippen LogP contribution in [0.25, 0.3) is 0 Å². The van der Waals surface area contributed by atoms with Gasteiger partial charge in [-0.25, -0.2) is 0 Å². The fraction of sp³-hybridized carbons (Fsp3) is 0.593. The molecule has 4 aliphatic carbocycles. The van der Waals surface area contributed by atoms with E-state index in [0.717, 1.165) is 43.5 Å². The second-order valence-corrected chi connectivity index (χ2v) is 10.9. The van der Waals surface area contributed by atoms with Gasteiger partial charge in [-0.05, 0) is 98.1 Å². The quantitative estimate of drug-likeness (QED) is 0.627. The van der Waals surface area contributed by atoms with Gasteiger partial charge in [0.2, 0.25) is 0 Å². The van der Waals surface area contributed by atoms with Gasteiger partial charge in [-0.3, -0.25) is 4.79 Å². The van der Waals surface area contributed by atoms with Gasteiger partial charge in [0.15, 0.2) is 5.78 Å². The molecule has 1 aromatic carbocycles. The third kappa shape index (κ3) is 3.35. The highest BCUT2D eigenvalue weighted by Gasteiger charge is 2.62. The fourth-order valence-corrected chi connectivity index (χ4v) is 7.66. The molecule has 0 spiro atoms. The number of aliphatic hydroxyl groups is 2. The van der Waals surface area contributed by atoms with Crippen LogP contribution in [0.15, 0.2) is 47.1 Å². The second-order valence-electron chi connectivity index (χ2n) is 10.4. The Bertz CT molecular complexity index is 946. The maximum absolute atomic E-state index is 12.1. The van der Waals surface area contributed by atoms with Crippen molar-refractivity contribution in [3.05, 3.63) is 57.6 Å². The standard InChI is InChI=1S/C27H33ClO3/c1-26-16-23(17-3-6-19(28)7-4-17)25-21-10-8-20(30)15-18(21)5-9-22(25)24(26)11-13-27(26,31)12-2-14-29/h3-4,6-7,15,22-24,29,31H,2,5,8-14,16H2,1H3/t22-,23+,24-,26-,27-/m0/s1. The van der Waals surface area contributed by atoms with Crippen molar-refractivity contribution in [1.29, 1.82) is 0 Å². The number of benzene rings is 1. The largest absolute Gasteiger partial charge is 0.396 e. The Morgan fingerprint density at radius 2 is 1.90 bits per heavy atom. The molecular weight excluding hydrogens is 408 g/mol. The number of carbonyl (C=O) groups excluding carboxylic acids is 1. The molecule has 166 valence electrons. The molecular formula is C27H33ClO3. The number of hydrogen-bond acceptors (Lipinski definition) is 3. The molecule has 2 N–H and O–H groups in total. The Hall–Kier alpha value is -1.42. The average molecular weight is 441 g/mol. The summed E-state index contributed by atoms with van der Waals surface area (Å²) in [4.78, 5) is 12.1. The van der Waals surface area contributed by atoms with Gasteiger partial charge in [-0.1, -0.05) is 36.2 Å². The van der Waals surface area contributed by atoms with E-state index in [2.05, 4.69) is 19.1 Å². The van der Waals surface area contributed by atoms with Gasteiger partial charge in [0.05, 0.1) is 5.60 Å². The number of ketones is 1. The van der Waals surface area contributed by atoms with Crippen LogP contribution in [-0.4, -0.2) is 28.2 Å². The lowest BCUT2D eigenvalue weighted by molar-refractivity contribution is -0.114. The lowest BCUT2D eigenvalue weighted by Crippen LogP contribution is -2.51. The van der Waals surface area contributed by atoms with Crippen LogP contribution in [0.5, 0.6) is 0 Å². The molecule has 31 heavy (non-hydrogen) atoms. The van der Waals surface area contributed by atoms with Crippen LogP contribution >= 0.6 is 11.6 Å². The normalized spacial score (nSPS) is 37.2. The molecule has 0 heterocycles. The summed E-state index contributed by atoms with van der Waals surface area (Å²) in [6, 6.07) is 8.24. The molecule has 0 aliphatic heterocycles.